The van der Waals surface area contributed by atoms with Gasteiger partial charge in [0, 0.05) is 0 Å². The molecule has 52 valence electrons. The fraction of sp³-hybridized carbons (Fsp3) is 0.778. The van der Waals surface area contributed by atoms with Crippen molar-refractivity contribution < 1.29 is 0 Å². The molecule has 0 aromatic rings. The van der Waals surface area contributed by atoms with Crippen molar-refractivity contribution >= 4 is 0 Å². The molecular weight excluding hydrogens is 108 g/mol. The molecule has 0 aliphatic heterocycles. The second-order valence-electron chi connectivity index (χ2n) is 2.79. The molecule has 0 unspecified atom stereocenters. The molecule has 1 fully saturated rings. The zero-order valence-electron chi connectivity index (χ0n) is 6.10. The van der Waals surface area contributed by atoms with E-state index in [1.54, 1.807) is 0 Å². The Kier molecular flexibility index (Phi) is 3.82. The average molecular weight is 124 g/mol. The van der Waals surface area contributed by atoms with Crippen LogP contribution < -0.4 is 0 Å². The highest BCUT2D eigenvalue weighted by atomic mass is 14.0. The summed E-state index contributed by atoms with van der Waals surface area (Å²) >= 11 is 0. The molecule has 0 saturated heterocycles. The van der Waals surface area contributed by atoms with Gasteiger partial charge in [0.15, 0.2) is 0 Å². The Hall–Kier alpha value is 0. The summed E-state index contributed by atoms with van der Waals surface area (Å²) in [5, 5.41) is 0. The van der Waals surface area contributed by atoms with Crippen LogP contribution in [-0.4, -0.2) is 0 Å². The quantitative estimate of drug-likeness (QED) is 0.465. The van der Waals surface area contributed by atoms with Crippen LogP contribution in [0.3, 0.4) is 0 Å². The van der Waals surface area contributed by atoms with Crippen molar-refractivity contribution in [2.75, 3.05) is 0 Å². The van der Waals surface area contributed by atoms with Crippen molar-refractivity contribution in [3.63, 3.8) is 0 Å². The summed E-state index contributed by atoms with van der Waals surface area (Å²) in [4.78, 5) is 0. The minimum Gasteiger partial charge on any atom is -0.0530 e. The van der Waals surface area contributed by atoms with Crippen LogP contribution in [0, 0.1) is 12.8 Å². The van der Waals surface area contributed by atoms with E-state index in [-0.39, 0.29) is 0 Å². The fourth-order valence-corrected chi connectivity index (χ4v) is 1.27. The third-order valence-corrected chi connectivity index (χ3v) is 1.88. The van der Waals surface area contributed by atoms with Gasteiger partial charge in [0.1, 0.15) is 0 Å². The molecule has 0 amide bonds. The topological polar surface area (TPSA) is 0 Å². The summed E-state index contributed by atoms with van der Waals surface area (Å²) in [6.45, 7) is 0. The standard InChI is InChI=1S/C9H16/c1-2-4-6-8-9-7-5-3-1/h1,8H,2-7,9H2. The van der Waals surface area contributed by atoms with Gasteiger partial charge in [-0.25, -0.2) is 0 Å². The second-order valence-corrected chi connectivity index (χ2v) is 2.79. The van der Waals surface area contributed by atoms with E-state index >= 15 is 0 Å². The maximum absolute atomic E-state index is 2.44. The second kappa shape index (κ2) is 4.84. The lowest BCUT2D eigenvalue weighted by atomic mass is 10.1. The van der Waals surface area contributed by atoms with Crippen LogP contribution in [0.4, 0.5) is 0 Å². The van der Waals surface area contributed by atoms with Crippen molar-refractivity contribution in [2.45, 2.75) is 44.9 Å². The smallest absolute Gasteiger partial charge is 0.0386 e. The van der Waals surface area contributed by atoms with E-state index in [2.05, 4.69) is 12.8 Å². The molecule has 0 aromatic carbocycles. The molecule has 0 heteroatoms. The van der Waals surface area contributed by atoms with Gasteiger partial charge in [-0.15, -0.1) is 0 Å². The Bertz CT molecular complexity index is 28.5. The first kappa shape index (κ1) is 7.11. The Labute approximate surface area is 58.7 Å². The molecule has 0 atom stereocenters. The van der Waals surface area contributed by atoms with Crippen LogP contribution in [0.25, 0.3) is 0 Å². The monoisotopic (exact) mass is 124 g/mol. The lowest BCUT2D eigenvalue weighted by molar-refractivity contribution is 0.720. The molecule has 0 heterocycles. The maximum Gasteiger partial charge on any atom is -0.0386 e. The summed E-state index contributed by atoms with van der Waals surface area (Å²) in [6.07, 6.45) is 14.5. The summed E-state index contributed by atoms with van der Waals surface area (Å²) < 4.78 is 0. The first-order valence-electron chi connectivity index (χ1n) is 4.13. The molecule has 0 N–H and O–H groups in total. The Morgan fingerprint density at radius 3 is 1.56 bits per heavy atom. The molecule has 0 aromatic heterocycles. The van der Waals surface area contributed by atoms with Crippen LogP contribution in [0.5, 0.6) is 0 Å². The Morgan fingerprint density at radius 1 is 0.556 bits per heavy atom. The number of rotatable bonds is 0. The van der Waals surface area contributed by atoms with E-state index < -0.39 is 0 Å². The van der Waals surface area contributed by atoms with E-state index in [1.807, 2.05) is 0 Å². The van der Waals surface area contributed by atoms with E-state index in [1.165, 1.54) is 44.9 Å². The van der Waals surface area contributed by atoms with Gasteiger partial charge in [-0.3, -0.25) is 0 Å². The molecule has 1 rings (SSSR count). The van der Waals surface area contributed by atoms with Crippen LogP contribution in [0.2, 0.25) is 0 Å². The third kappa shape index (κ3) is 3.56. The van der Waals surface area contributed by atoms with E-state index in [0.717, 1.165) is 0 Å². The molecule has 1 saturated carbocycles. The highest BCUT2D eigenvalue weighted by Gasteiger charge is 1.96. The first-order chi connectivity index (χ1) is 4.50. The van der Waals surface area contributed by atoms with Gasteiger partial charge in [-0.05, 0) is 12.8 Å². The number of hydrogen-bond donors (Lipinski definition) is 0. The predicted molar refractivity (Wildman–Crippen MR) is 40.9 cm³/mol. The summed E-state index contributed by atoms with van der Waals surface area (Å²) in [6, 6.07) is 0. The van der Waals surface area contributed by atoms with Crippen LogP contribution >= 0.6 is 0 Å². The largest absolute Gasteiger partial charge is 0.0530 e. The lowest BCUT2D eigenvalue weighted by Crippen LogP contribution is -1.75. The van der Waals surface area contributed by atoms with Gasteiger partial charge in [0.05, 0.1) is 0 Å². The van der Waals surface area contributed by atoms with E-state index in [0.29, 0.717) is 0 Å². The van der Waals surface area contributed by atoms with Crippen LogP contribution in [0.1, 0.15) is 44.9 Å². The first-order valence-corrected chi connectivity index (χ1v) is 4.13. The normalized spacial score (nSPS) is 24.0. The Balaban J connectivity index is 2.02. The third-order valence-electron chi connectivity index (χ3n) is 1.88. The van der Waals surface area contributed by atoms with E-state index in [9.17, 15) is 0 Å². The summed E-state index contributed by atoms with van der Waals surface area (Å²) in [7, 11) is 0. The van der Waals surface area contributed by atoms with Crippen molar-refractivity contribution in [3.05, 3.63) is 12.8 Å². The van der Waals surface area contributed by atoms with E-state index in [4.69, 9.17) is 0 Å². The molecule has 1 aliphatic carbocycles. The summed E-state index contributed by atoms with van der Waals surface area (Å²) in [5.74, 6) is 0. The van der Waals surface area contributed by atoms with Gasteiger partial charge in [-0.2, -0.15) is 0 Å². The maximum atomic E-state index is 2.44. The zero-order chi connectivity index (χ0) is 6.36. The summed E-state index contributed by atoms with van der Waals surface area (Å²) in [5.41, 5.74) is 0. The van der Waals surface area contributed by atoms with Crippen molar-refractivity contribution in [3.8, 4) is 0 Å². The van der Waals surface area contributed by atoms with Crippen LogP contribution in [0.15, 0.2) is 0 Å². The highest BCUT2D eigenvalue weighted by Crippen LogP contribution is 2.14. The van der Waals surface area contributed by atoms with Crippen molar-refractivity contribution in [2.24, 2.45) is 0 Å². The molecule has 0 nitrogen and oxygen atoms in total. The predicted octanol–water partition coefficient (Wildman–Crippen LogP) is 3.14. The zero-order valence-corrected chi connectivity index (χ0v) is 6.10. The van der Waals surface area contributed by atoms with Crippen molar-refractivity contribution in [1.82, 2.24) is 0 Å². The van der Waals surface area contributed by atoms with Gasteiger partial charge < -0.3 is 0 Å². The highest BCUT2D eigenvalue weighted by molar-refractivity contribution is 4.73. The van der Waals surface area contributed by atoms with Gasteiger partial charge in [-0.1, -0.05) is 44.9 Å². The SMILES string of the molecule is [CH]1CCC[CH]CCCC1. The number of hydrogen-bond acceptors (Lipinski definition) is 0. The molecule has 0 spiro atoms. The molecule has 2 radical (unpaired) electrons. The Morgan fingerprint density at radius 2 is 1.00 bits per heavy atom. The van der Waals surface area contributed by atoms with Crippen LogP contribution in [-0.2, 0) is 0 Å². The minimum absolute atomic E-state index is 1.34. The van der Waals surface area contributed by atoms with Crippen molar-refractivity contribution in [1.29, 1.82) is 0 Å². The van der Waals surface area contributed by atoms with Gasteiger partial charge in [0.25, 0.3) is 0 Å². The molecule has 0 bridgehead atoms. The fourth-order valence-electron chi connectivity index (χ4n) is 1.27. The van der Waals surface area contributed by atoms with Gasteiger partial charge in [0.2, 0.25) is 0 Å². The lowest BCUT2D eigenvalue weighted by Gasteiger charge is -1.93. The minimum atomic E-state index is 1.34. The average Bonchev–Trinajstić information content (AvgIpc) is 2.00. The molecular formula is C9H16. The van der Waals surface area contributed by atoms with Gasteiger partial charge >= 0.3 is 0 Å². The molecule has 9 heavy (non-hydrogen) atoms. The molecule has 1 aliphatic rings.